The predicted molar refractivity (Wildman–Crippen MR) is 120 cm³/mol. The van der Waals surface area contributed by atoms with Gasteiger partial charge in [0, 0.05) is 13.0 Å². The lowest BCUT2D eigenvalue weighted by Gasteiger charge is -2.14. The van der Waals surface area contributed by atoms with Crippen LogP contribution < -0.4 is 20.3 Å². The van der Waals surface area contributed by atoms with Crippen molar-refractivity contribution in [1.29, 1.82) is 0 Å². The lowest BCUT2D eigenvalue weighted by atomic mass is 10.2. The van der Waals surface area contributed by atoms with Crippen molar-refractivity contribution in [2.24, 2.45) is 0 Å². The molecule has 2 aromatic carbocycles. The highest BCUT2D eigenvalue weighted by atomic mass is 32.2. The number of hydrazine groups is 1. The number of nitrogens with zero attached hydrogens (tertiary/aromatic N) is 1. The third kappa shape index (κ3) is 4.74. The highest BCUT2D eigenvalue weighted by molar-refractivity contribution is 8.26. The van der Waals surface area contributed by atoms with Gasteiger partial charge in [0.05, 0.1) is 10.6 Å². The van der Waals surface area contributed by atoms with Crippen LogP contribution in [-0.4, -0.2) is 34.4 Å². The van der Waals surface area contributed by atoms with Gasteiger partial charge in [-0.3, -0.25) is 25.3 Å². The van der Waals surface area contributed by atoms with Crippen LogP contribution in [0.4, 0.5) is 5.69 Å². The summed E-state index contributed by atoms with van der Waals surface area (Å²) in [4.78, 5) is 26.8. The second-order valence-corrected chi connectivity index (χ2v) is 8.26. The second kappa shape index (κ2) is 9.19. The molecule has 9 heteroatoms. The zero-order valence-electron chi connectivity index (χ0n) is 15.9. The molecule has 0 aromatic heterocycles. The Hall–Kier alpha value is -3.04. The third-order valence-corrected chi connectivity index (χ3v) is 5.85. The first kappa shape index (κ1) is 20.2. The molecule has 0 unspecified atom stereocenters. The molecule has 0 saturated carbocycles. The molecule has 2 aromatic rings. The summed E-state index contributed by atoms with van der Waals surface area (Å²) in [5.74, 6) is 1.06. The fourth-order valence-electron chi connectivity index (χ4n) is 2.97. The lowest BCUT2D eigenvalue weighted by molar-refractivity contribution is -0.123. The average molecular weight is 442 g/mol. The maximum Gasteiger partial charge on any atom is 0.266 e. The van der Waals surface area contributed by atoms with E-state index in [0.717, 1.165) is 11.3 Å². The van der Waals surface area contributed by atoms with E-state index in [1.807, 2.05) is 48.5 Å². The van der Waals surface area contributed by atoms with Crippen molar-refractivity contribution in [3.8, 4) is 11.5 Å². The van der Waals surface area contributed by atoms with Gasteiger partial charge in [-0.1, -0.05) is 48.2 Å². The lowest BCUT2D eigenvalue weighted by Crippen LogP contribution is -2.32. The van der Waals surface area contributed by atoms with Gasteiger partial charge in [0.2, 0.25) is 12.7 Å². The Morgan fingerprint density at radius 1 is 1.17 bits per heavy atom. The van der Waals surface area contributed by atoms with Crippen molar-refractivity contribution in [1.82, 2.24) is 10.3 Å². The molecule has 1 fully saturated rings. The average Bonchev–Trinajstić information content (AvgIpc) is 3.32. The number of amides is 2. The second-order valence-electron chi connectivity index (χ2n) is 6.59. The molecule has 2 amide bonds. The minimum absolute atomic E-state index is 0.148. The van der Waals surface area contributed by atoms with Gasteiger partial charge in [-0.2, -0.15) is 0 Å². The van der Waals surface area contributed by atoms with Gasteiger partial charge in [0.25, 0.3) is 5.91 Å². The van der Waals surface area contributed by atoms with Crippen molar-refractivity contribution in [3.63, 3.8) is 0 Å². The topological polar surface area (TPSA) is 79.9 Å². The first-order valence-corrected chi connectivity index (χ1v) is 10.6. The summed E-state index contributed by atoms with van der Waals surface area (Å²) in [6.07, 6.45) is 2.57. The minimum atomic E-state index is -0.153. The number of para-hydroxylation sites is 1. The summed E-state index contributed by atoms with van der Waals surface area (Å²) in [5.41, 5.74) is 7.14. The maximum atomic E-state index is 12.7. The predicted octanol–water partition coefficient (Wildman–Crippen LogP) is 3.54. The van der Waals surface area contributed by atoms with Crippen LogP contribution >= 0.6 is 24.0 Å². The Kier molecular flexibility index (Phi) is 6.20. The quantitative estimate of drug-likeness (QED) is 0.386. The van der Waals surface area contributed by atoms with Crippen molar-refractivity contribution >= 4 is 51.9 Å². The standard InChI is InChI=1S/C21H19N3O4S2/c25-19(23-22-15-5-2-1-3-6-15)7-4-10-24-20(26)18(30-21(24)29)12-14-8-9-16-17(11-14)28-13-27-16/h1-3,5-6,8-9,11-12,22H,4,7,10,13H2,(H,23,25)/b18-12-. The summed E-state index contributed by atoms with van der Waals surface area (Å²) < 4.78 is 11.2. The smallest absolute Gasteiger partial charge is 0.266 e. The zero-order valence-corrected chi connectivity index (χ0v) is 17.6. The van der Waals surface area contributed by atoms with E-state index in [0.29, 0.717) is 33.7 Å². The molecule has 0 atom stereocenters. The van der Waals surface area contributed by atoms with E-state index in [1.54, 1.807) is 6.08 Å². The number of benzene rings is 2. The molecule has 2 aliphatic rings. The Labute approximate surface area is 183 Å². The summed E-state index contributed by atoms with van der Waals surface area (Å²) in [7, 11) is 0. The Balaban J connectivity index is 1.28. The van der Waals surface area contributed by atoms with Crippen LogP contribution in [0.2, 0.25) is 0 Å². The Bertz CT molecular complexity index is 1010. The van der Waals surface area contributed by atoms with Gasteiger partial charge in [-0.25, -0.2) is 0 Å². The van der Waals surface area contributed by atoms with E-state index < -0.39 is 0 Å². The summed E-state index contributed by atoms with van der Waals surface area (Å²) >= 11 is 6.61. The van der Waals surface area contributed by atoms with Gasteiger partial charge in [0.15, 0.2) is 11.5 Å². The third-order valence-electron chi connectivity index (χ3n) is 4.47. The van der Waals surface area contributed by atoms with Crippen LogP contribution in [0, 0.1) is 0 Å². The highest BCUT2D eigenvalue weighted by Gasteiger charge is 2.31. The molecule has 2 heterocycles. The van der Waals surface area contributed by atoms with Crippen LogP contribution in [0.3, 0.4) is 0 Å². The molecule has 0 spiro atoms. The first-order chi connectivity index (χ1) is 14.6. The molecule has 1 saturated heterocycles. The summed E-state index contributed by atoms with van der Waals surface area (Å²) in [5, 5.41) is 0. The number of fused-ring (bicyclic) bond motifs is 1. The van der Waals surface area contributed by atoms with E-state index in [-0.39, 0.29) is 25.0 Å². The van der Waals surface area contributed by atoms with Crippen molar-refractivity contribution < 1.29 is 19.1 Å². The number of anilines is 1. The van der Waals surface area contributed by atoms with E-state index in [4.69, 9.17) is 21.7 Å². The SMILES string of the molecule is O=C(CCCN1C(=O)/C(=C/c2ccc3c(c2)OCO3)SC1=S)NNc1ccccc1. The number of carbonyl (C=O) groups excluding carboxylic acids is 2. The van der Waals surface area contributed by atoms with Crippen LogP contribution in [-0.2, 0) is 9.59 Å². The Morgan fingerprint density at radius 2 is 1.97 bits per heavy atom. The zero-order chi connectivity index (χ0) is 20.9. The minimum Gasteiger partial charge on any atom is -0.454 e. The number of ether oxygens (including phenoxy) is 2. The number of nitrogens with one attached hydrogen (secondary N) is 2. The first-order valence-electron chi connectivity index (χ1n) is 9.35. The van der Waals surface area contributed by atoms with Gasteiger partial charge < -0.3 is 9.47 Å². The normalized spacial score (nSPS) is 16.3. The molecule has 0 bridgehead atoms. The highest BCUT2D eigenvalue weighted by Crippen LogP contribution is 2.36. The van der Waals surface area contributed by atoms with Gasteiger partial charge >= 0.3 is 0 Å². The van der Waals surface area contributed by atoms with Gasteiger partial charge in [-0.15, -0.1) is 0 Å². The van der Waals surface area contributed by atoms with Crippen LogP contribution in [0.5, 0.6) is 11.5 Å². The van der Waals surface area contributed by atoms with Crippen molar-refractivity contribution in [2.45, 2.75) is 12.8 Å². The molecular weight excluding hydrogens is 422 g/mol. The summed E-state index contributed by atoms with van der Waals surface area (Å²) in [6.45, 7) is 0.594. The van der Waals surface area contributed by atoms with E-state index >= 15 is 0 Å². The van der Waals surface area contributed by atoms with E-state index in [1.165, 1.54) is 16.7 Å². The molecule has 2 aliphatic heterocycles. The van der Waals surface area contributed by atoms with Gasteiger partial charge in [-0.05, 0) is 42.3 Å². The number of hydrogen-bond donors (Lipinski definition) is 2. The van der Waals surface area contributed by atoms with Gasteiger partial charge in [0.1, 0.15) is 4.32 Å². The summed E-state index contributed by atoms with van der Waals surface area (Å²) in [6, 6.07) is 14.9. The van der Waals surface area contributed by atoms with Crippen LogP contribution in [0.25, 0.3) is 6.08 Å². The molecule has 154 valence electrons. The largest absolute Gasteiger partial charge is 0.454 e. The number of hydrogen-bond acceptors (Lipinski definition) is 7. The molecule has 30 heavy (non-hydrogen) atoms. The number of thiocarbonyl (C=S) groups is 1. The Morgan fingerprint density at radius 3 is 2.80 bits per heavy atom. The fourth-order valence-corrected chi connectivity index (χ4v) is 4.28. The molecule has 0 radical (unpaired) electrons. The van der Waals surface area contributed by atoms with E-state index in [2.05, 4.69) is 10.9 Å². The molecule has 0 aliphatic carbocycles. The number of thioether (sulfide) groups is 1. The molecule has 4 rings (SSSR count). The van der Waals surface area contributed by atoms with Crippen LogP contribution in [0.1, 0.15) is 18.4 Å². The maximum absolute atomic E-state index is 12.7. The van der Waals surface area contributed by atoms with Crippen LogP contribution in [0.15, 0.2) is 53.4 Å². The number of carbonyl (C=O) groups is 2. The van der Waals surface area contributed by atoms with Crippen molar-refractivity contribution in [3.05, 3.63) is 59.0 Å². The number of rotatable bonds is 7. The monoisotopic (exact) mass is 441 g/mol. The molecule has 2 N–H and O–H groups in total. The molecule has 7 nitrogen and oxygen atoms in total. The fraction of sp³-hybridized carbons (Fsp3) is 0.190. The van der Waals surface area contributed by atoms with Crippen molar-refractivity contribution in [2.75, 3.05) is 18.8 Å². The van der Waals surface area contributed by atoms with E-state index in [9.17, 15) is 9.59 Å². The molecular formula is C21H19N3O4S2.